The Morgan fingerprint density at radius 1 is 1.42 bits per heavy atom. The molecule has 1 atom stereocenters. The first-order chi connectivity index (χ1) is 9.22. The molecule has 1 aromatic heterocycles. The number of aryl methyl sites for hydroxylation is 1. The Morgan fingerprint density at radius 2 is 2.21 bits per heavy atom. The molecule has 19 heavy (non-hydrogen) atoms. The molecule has 0 saturated carbocycles. The van der Waals surface area contributed by atoms with Crippen molar-refractivity contribution in [2.24, 2.45) is 7.05 Å². The van der Waals surface area contributed by atoms with E-state index < -0.39 is 0 Å². The van der Waals surface area contributed by atoms with E-state index in [0.717, 1.165) is 36.4 Å². The molecule has 0 N–H and O–H groups in total. The van der Waals surface area contributed by atoms with Crippen LogP contribution in [0.25, 0.3) is 11.0 Å². The summed E-state index contributed by atoms with van der Waals surface area (Å²) in [5.74, 6) is 0.665. The lowest BCUT2D eigenvalue weighted by molar-refractivity contribution is -0.141. The van der Waals surface area contributed by atoms with Gasteiger partial charge in [-0.25, -0.2) is 9.78 Å². The number of methoxy groups -OCH3 is 1. The first-order valence-electron chi connectivity index (χ1n) is 6.48. The van der Waals surface area contributed by atoms with Crippen LogP contribution in [0.1, 0.15) is 12.8 Å². The maximum absolute atomic E-state index is 11.8. The zero-order valence-corrected chi connectivity index (χ0v) is 11.2. The molecule has 2 heterocycles. The largest absolute Gasteiger partial charge is 0.467 e. The summed E-state index contributed by atoms with van der Waals surface area (Å²) in [6.45, 7) is 0.844. The van der Waals surface area contributed by atoms with Crippen molar-refractivity contribution >= 4 is 23.0 Å². The number of fused-ring (bicyclic) bond motifs is 1. The average molecular weight is 259 g/mol. The van der Waals surface area contributed by atoms with Crippen LogP contribution in [-0.4, -0.2) is 35.2 Å². The van der Waals surface area contributed by atoms with Crippen LogP contribution < -0.4 is 4.90 Å². The van der Waals surface area contributed by atoms with Crippen molar-refractivity contribution in [3.63, 3.8) is 0 Å². The van der Waals surface area contributed by atoms with Crippen molar-refractivity contribution < 1.29 is 9.53 Å². The fourth-order valence-corrected chi connectivity index (χ4v) is 2.78. The molecule has 3 rings (SSSR count). The Kier molecular flexibility index (Phi) is 2.89. The van der Waals surface area contributed by atoms with Gasteiger partial charge in [0, 0.05) is 13.6 Å². The molecule has 1 aromatic carbocycles. The summed E-state index contributed by atoms with van der Waals surface area (Å²) in [5.41, 5.74) is 2.03. The van der Waals surface area contributed by atoms with Crippen LogP contribution >= 0.6 is 0 Å². The summed E-state index contributed by atoms with van der Waals surface area (Å²) in [5, 5.41) is 0. The second-order valence-electron chi connectivity index (χ2n) is 4.83. The zero-order valence-electron chi connectivity index (χ0n) is 11.2. The van der Waals surface area contributed by atoms with Crippen LogP contribution in [0.2, 0.25) is 0 Å². The van der Waals surface area contributed by atoms with Gasteiger partial charge in [0.1, 0.15) is 6.04 Å². The highest BCUT2D eigenvalue weighted by Gasteiger charge is 2.34. The van der Waals surface area contributed by atoms with E-state index in [9.17, 15) is 4.79 Å². The molecule has 1 fully saturated rings. The highest BCUT2D eigenvalue weighted by molar-refractivity contribution is 5.83. The summed E-state index contributed by atoms with van der Waals surface area (Å²) in [6.07, 6.45) is 1.82. The number of ether oxygens (including phenoxy) is 1. The fraction of sp³-hybridized carbons (Fsp3) is 0.429. The van der Waals surface area contributed by atoms with E-state index in [1.54, 1.807) is 0 Å². The quantitative estimate of drug-likeness (QED) is 0.770. The molecule has 1 saturated heterocycles. The third kappa shape index (κ3) is 1.85. The van der Waals surface area contributed by atoms with Gasteiger partial charge in [0.25, 0.3) is 0 Å². The number of aromatic nitrogens is 2. The highest BCUT2D eigenvalue weighted by atomic mass is 16.5. The molecule has 5 nitrogen and oxygen atoms in total. The lowest BCUT2D eigenvalue weighted by Crippen LogP contribution is -2.38. The minimum Gasteiger partial charge on any atom is -0.467 e. The number of imidazole rings is 1. The molecule has 5 heteroatoms. The topological polar surface area (TPSA) is 47.4 Å². The van der Waals surface area contributed by atoms with Crippen molar-refractivity contribution in [3.8, 4) is 0 Å². The van der Waals surface area contributed by atoms with Gasteiger partial charge in [-0.2, -0.15) is 0 Å². The van der Waals surface area contributed by atoms with Gasteiger partial charge in [-0.1, -0.05) is 12.1 Å². The molecular weight excluding hydrogens is 242 g/mol. The number of anilines is 1. The van der Waals surface area contributed by atoms with E-state index in [-0.39, 0.29) is 12.0 Å². The van der Waals surface area contributed by atoms with E-state index in [4.69, 9.17) is 4.74 Å². The second-order valence-corrected chi connectivity index (χ2v) is 4.83. The summed E-state index contributed by atoms with van der Waals surface area (Å²) >= 11 is 0. The van der Waals surface area contributed by atoms with Crippen LogP contribution in [0.15, 0.2) is 24.3 Å². The molecule has 0 amide bonds. The number of carbonyl (C=O) groups is 1. The Bertz CT molecular complexity index is 620. The van der Waals surface area contributed by atoms with E-state index in [2.05, 4.69) is 4.98 Å². The Morgan fingerprint density at radius 3 is 2.95 bits per heavy atom. The van der Waals surface area contributed by atoms with Gasteiger partial charge in [0.15, 0.2) is 0 Å². The Labute approximate surface area is 111 Å². The van der Waals surface area contributed by atoms with Crippen molar-refractivity contribution in [1.29, 1.82) is 0 Å². The molecule has 0 bridgehead atoms. The van der Waals surface area contributed by atoms with Gasteiger partial charge in [0.05, 0.1) is 18.1 Å². The van der Waals surface area contributed by atoms with Crippen LogP contribution in [-0.2, 0) is 16.6 Å². The van der Waals surface area contributed by atoms with Crippen molar-refractivity contribution in [1.82, 2.24) is 9.55 Å². The van der Waals surface area contributed by atoms with Gasteiger partial charge in [-0.15, -0.1) is 0 Å². The zero-order chi connectivity index (χ0) is 13.4. The van der Waals surface area contributed by atoms with Crippen molar-refractivity contribution in [2.75, 3.05) is 18.6 Å². The lowest BCUT2D eigenvalue weighted by Gasteiger charge is -2.23. The molecule has 1 aliphatic heterocycles. The number of hydrogen-bond acceptors (Lipinski definition) is 4. The summed E-state index contributed by atoms with van der Waals surface area (Å²) < 4.78 is 6.92. The predicted molar refractivity (Wildman–Crippen MR) is 73.1 cm³/mol. The molecule has 1 unspecified atom stereocenters. The number of hydrogen-bond donors (Lipinski definition) is 0. The maximum atomic E-state index is 11.8. The molecule has 100 valence electrons. The number of benzene rings is 1. The van der Waals surface area contributed by atoms with Crippen molar-refractivity contribution in [2.45, 2.75) is 18.9 Å². The van der Waals surface area contributed by atoms with Gasteiger partial charge in [-0.3, -0.25) is 0 Å². The number of para-hydroxylation sites is 2. The minimum atomic E-state index is -0.208. The number of rotatable bonds is 2. The standard InChI is InChI=1S/C14H17N3O2/c1-16-11-7-4-3-6-10(11)15-14(16)17-9-5-8-12(17)13(18)19-2/h3-4,6-7,12H,5,8-9H2,1-2H3. The summed E-state index contributed by atoms with van der Waals surface area (Å²) in [6, 6.07) is 7.79. The van der Waals surface area contributed by atoms with Gasteiger partial charge in [0.2, 0.25) is 5.95 Å². The molecule has 2 aromatic rings. The van der Waals surface area contributed by atoms with Crippen LogP contribution in [0.4, 0.5) is 5.95 Å². The lowest BCUT2D eigenvalue weighted by atomic mass is 10.2. The first-order valence-corrected chi connectivity index (χ1v) is 6.48. The first kappa shape index (κ1) is 12.0. The van der Waals surface area contributed by atoms with E-state index >= 15 is 0 Å². The molecule has 0 spiro atoms. The molecule has 0 aliphatic carbocycles. The third-order valence-corrected chi connectivity index (χ3v) is 3.75. The fourth-order valence-electron chi connectivity index (χ4n) is 2.78. The number of nitrogens with zero attached hydrogens (tertiary/aromatic N) is 3. The van der Waals surface area contributed by atoms with Crippen LogP contribution in [0.3, 0.4) is 0 Å². The Balaban J connectivity index is 2.04. The van der Waals surface area contributed by atoms with E-state index in [1.165, 1.54) is 7.11 Å². The van der Waals surface area contributed by atoms with Crippen LogP contribution in [0, 0.1) is 0 Å². The molecule has 1 aliphatic rings. The average Bonchev–Trinajstić information content (AvgIpc) is 3.03. The predicted octanol–water partition coefficient (Wildman–Crippen LogP) is 1.72. The monoisotopic (exact) mass is 259 g/mol. The summed E-state index contributed by atoms with van der Waals surface area (Å²) in [4.78, 5) is 18.5. The maximum Gasteiger partial charge on any atom is 0.328 e. The number of esters is 1. The molecular formula is C14H17N3O2. The Hall–Kier alpha value is -2.04. The highest BCUT2D eigenvalue weighted by Crippen LogP contribution is 2.28. The van der Waals surface area contributed by atoms with Gasteiger partial charge in [-0.05, 0) is 25.0 Å². The van der Waals surface area contributed by atoms with E-state index in [1.807, 2.05) is 40.8 Å². The second kappa shape index (κ2) is 4.57. The van der Waals surface area contributed by atoms with E-state index in [0.29, 0.717) is 0 Å². The summed E-state index contributed by atoms with van der Waals surface area (Å²) in [7, 11) is 3.42. The smallest absolute Gasteiger partial charge is 0.328 e. The third-order valence-electron chi connectivity index (χ3n) is 3.75. The normalized spacial score (nSPS) is 19.1. The van der Waals surface area contributed by atoms with Gasteiger partial charge >= 0.3 is 5.97 Å². The number of carbonyl (C=O) groups excluding carboxylic acids is 1. The molecule has 0 radical (unpaired) electrons. The van der Waals surface area contributed by atoms with Crippen molar-refractivity contribution in [3.05, 3.63) is 24.3 Å². The van der Waals surface area contributed by atoms with Crippen LogP contribution in [0.5, 0.6) is 0 Å². The van der Waals surface area contributed by atoms with Gasteiger partial charge < -0.3 is 14.2 Å². The minimum absolute atomic E-state index is 0.176. The SMILES string of the molecule is COC(=O)C1CCCN1c1nc2ccccc2n1C.